The van der Waals surface area contributed by atoms with E-state index in [1.54, 1.807) is 4.57 Å². The van der Waals surface area contributed by atoms with E-state index in [0.717, 1.165) is 0 Å². The number of nitrogens with two attached hydrogens (primary N) is 1. The zero-order chi connectivity index (χ0) is 15.1. The van der Waals surface area contributed by atoms with Crippen LogP contribution in [0.4, 0.5) is 5.95 Å². The Morgan fingerprint density at radius 2 is 2.38 bits per heavy atom. The summed E-state index contributed by atoms with van der Waals surface area (Å²) in [5.41, 5.74) is 6.60. The summed E-state index contributed by atoms with van der Waals surface area (Å²) in [5, 5.41) is 19.6. The monoisotopic (exact) mass is 313 g/mol. The van der Waals surface area contributed by atoms with Crippen LogP contribution >= 0.6 is 12.2 Å². The fourth-order valence-corrected chi connectivity index (χ4v) is 2.78. The smallest absolute Gasteiger partial charge is 0.200 e. The molecule has 2 aromatic rings. The predicted octanol–water partition coefficient (Wildman–Crippen LogP) is -0.663. The van der Waals surface area contributed by atoms with Gasteiger partial charge in [-0.25, -0.2) is 9.97 Å². The zero-order valence-corrected chi connectivity index (χ0v) is 11.9. The number of anilines is 1. The number of rotatable bonds is 3. The second-order valence-corrected chi connectivity index (χ2v) is 5.10. The first-order valence-corrected chi connectivity index (χ1v) is 6.67. The highest BCUT2D eigenvalue weighted by Gasteiger charge is 2.45. The molecule has 0 amide bonds. The summed E-state index contributed by atoms with van der Waals surface area (Å²) in [6, 6.07) is 0. The van der Waals surface area contributed by atoms with Crippen molar-refractivity contribution in [3.8, 4) is 0 Å². The van der Waals surface area contributed by atoms with Crippen LogP contribution in [0, 0.1) is 4.64 Å². The fourth-order valence-electron chi connectivity index (χ4n) is 2.53. The van der Waals surface area contributed by atoms with Gasteiger partial charge in [0.25, 0.3) is 0 Å². The Labute approximate surface area is 124 Å². The maximum atomic E-state index is 10.3. The Kier molecular flexibility index (Phi) is 3.63. The number of imidazole rings is 1. The Balaban J connectivity index is 2.07. The average Bonchev–Trinajstić information content (AvgIpc) is 2.99. The summed E-state index contributed by atoms with van der Waals surface area (Å²) < 4.78 is 12.6. The Morgan fingerprint density at radius 1 is 1.62 bits per heavy atom. The van der Waals surface area contributed by atoms with Crippen molar-refractivity contribution < 1.29 is 19.7 Å². The predicted molar refractivity (Wildman–Crippen MR) is 74.9 cm³/mol. The van der Waals surface area contributed by atoms with E-state index in [1.807, 2.05) is 0 Å². The number of methoxy groups -OCH3 is 1. The Bertz CT molecular complexity index is 716. The van der Waals surface area contributed by atoms with Gasteiger partial charge in [-0.05, 0) is 0 Å². The zero-order valence-electron chi connectivity index (χ0n) is 11.1. The number of nitrogen functional groups attached to an aromatic ring is 1. The van der Waals surface area contributed by atoms with Gasteiger partial charge in [-0.2, -0.15) is 0 Å². The summed E-state index contributed by atoms with van der Waals surface area (Å²) in [5.74, 6) is 0.142. The number of hydrogen-bond donors (Lipinski definition) is 4. The Hall–Kier alpha value is -1.59. The van der Waals surface area contributed by atoms with Crippen LogP contribution in [-0.4, -0.2) is 61.8 Å². The van der Waals surface area contributed by atoms with Gasteiger partial charge in [-0.3, -0.25) is 4.57 Å². The summed E-state index contributed by atoms with van der Waals surface area (Å²) in [4.78, 5) is 10.9. The largest absolute Gasteiger partial charge is 0.394 e. The van der Waals surface area contributed by atoms with Crippen molar-refractivity contribution in [2.45, 2.75) is 24.5 Å². The quantitative estimate of drug-likeness (QED) is 0.549. The van der Waals surface area contributed by atoms with Crippen LogP contribution in [0.3, 0.4) is 0 Å². The Morgan fingerprint density at radius 3 is 3.00 bits per heavy atom. The molecule has 0 saturated carbocycles. The second kappa shape index (κ2) is 5.31. The first kappa shape index (κ1) is 14.4. The first-order chi connectivity index (χ1) is 10.1. The normalized spacial score (nSPS) is 29.3. The molecule has 9 nitrogen and oxygen atoms in total. The van der Waals surface area contributed by atoms with E-state index in [0.29, 0.717) is 11.2 Å². The van der Waals surface area contributed by atoms with Gasteiger partial charge in [-0.15, -0.1) is 0 Å². The van der Waals surface area contributed by atoms with Crippen LogP contribution in [0.25, 0.3) is 11.2 Å². The van der Waals surface area contributed by atoms with Crippen LogP contribution in [0.5, 0.6) is 0 Å². The van der Waals surface area contributed by atoms with Gasteiger partial charge in [0.2, 0.25) is 0 Å². The first-order valence-electron chi connectivity index (χ1n) is 6.26. The number of hydrogen-bond acceptors (Lipinski definition) is 8. The molecule has 0 bridgehead atoms. The van der Waals surface area contributed by atoms with Crippen molar-refractivity contribution >= 4 is 29.3 Å². The molecule has 0 aromatic carbocycles. The van der Waals surface area contributed by atoms with E-state index in [9.17, 15) is 10.2 Å². The fraction of sp³-hybridized carbons (Fsp3) is 0.545. The summed E-state index contributed by atoms with van der Waals surface area (Å²) >= 11 is 5.10. The van der Waals surface area contributed by atoms with Crippen LogP contribution in [0.1, 0.15) is 6.23 Å². The SMILES string of the molecule is CO[C@@H]1[C@@H](O)[C@@H](n2cnc3c(=S)nc(N)[nH]c32)O[C@H]1CO. The second-order valence-electron chi connectivity index (χ2n) is 4.71. The molecule has 0 spiro atoms. The number of aliphatic hydroxyl groups is 2. The van der Waals surface area contributed by atoms with Crippen molar-refractivity contribution in [1.82, 2.24) is 19.5 Å². The lowest BCUT2D eigenvalue weighted by atomic mass is 10.1. The lowest BCUT2D eigenvalue weighted by molar-refractivity contribution is -0.0535. The number of fused-ring (bicyclic) bond motifs is 1. The highest BCUT2D eigenvalue weighted by molar-refractivity contribution is 7.71. The van der Waals surface area contributed by atoms with Crippen LogP contribution in [0.2, 0.25) is 0 Å². The number of aromatic amines is 1. The molecule has 21 heavy (non-hydrogen) atoms. The lowest BCUT2D eigenvalue weighted by Gasteiger charge is -2.18. The molecule has 0 aliphatic carbocycles. The number of ether oxygens (including phenoxy) is 2. The molecule has 3 heterocycles. The molecule has 114 valence electrons. The van der Waals surface area contributed by atoms with Crippen LogP contribution < -0.4 is 5.73 Å². The van der Waals surface area contributed by atoms with Gasteiger partial charge in [0.1, 0.15) is 29.5 Å². The molecule has 2 aromatic heterocycles. The maximum absolute atomic E-state index is 10.3. The van der Waals surface area contributed by atoms with Crippen molar-refractivity contribution in [1.29, 1.82) is 0 Å². The molecule has 1 aliphatic heterocycles. The van der Waals surface area contributed by atoms with Gasteiger partial charge in [0.05, 0.1) is 12.9 Å². The molecular weight excluding hydrogens is 298 g/mol. The molecule has 0 unspecified atom stereocenters. The molecule has 5 N–H and O–H groups in total. The highest BCUT2D eigenvalue weighted by atomic mass is 32.1. The van der Waals surface area contributed by atoms with Crippen molar-refractivity contribution in [3.05, 3.63) is 11.0 Å². The number of aromatic nitrogens is 4. The minimum Gasteiger partial charge on any atom is -0.394 e. The molecule has 1 aliphatic rings. The van der Waals surface area contributed by atoms with E-state index in [1.165, 1.54) is 13.4 Å². The van der Waals surface area contributed by atoms with E-state index in [-0.39, 0.29) is 17.2 Å². The molecule has 1 fully saturated rings. The van der Waals surface area contributed by atoms with Crippen molar-refractivity contribution in [2.24, 2.45) is 0 Å². The molecule has 3 rings (SSSR count). The van der Waals surface area contributed by atoms with Gasteiger partial charge in [0.15, 0.2) is 16.8 Å². The number of nitrogens with zero attached hydrogens (tertiary/aromatic N) is 3. The number of aliphatic hydroxyl groups excluding tert-OH is 2. The van der Waals surface area contributed by atoms with Crippen molar-refractivity contribution in [2.75, 3.05) is 19.5 Å². The average molecular weight is 313 g/mol. The van der Waals surface area contributed by atoms with Gasteiger partial charge >= 0.3 is 0 Å². The third-order valence-corrected chi connectivity index (χ3v) is 3.79. The van der Waals surface area contributed by atoms with Gasteiger partial charge in [0, 0.05) is 7.11 Å². The topological polar surface area (TPSA) is 131 Å². The summed E-state index contributed by atoms with van der Waals surface area (Å²) in [6.45, 7) is -0.265. The van der Waals surface area contributed by atoms with Crippen molar-refractivity contribution in [3.63, 3.8) is 0 Å². The van der Waals surface area contributed by atoms with Crippen LogP contribution in [-0.2, 0) is 9.47 Å². The lowest BCUT2D eigenvalue weighted by Crippen LogP contribution is -2.35. The third kappa shape index (κ3) is 2.21. The van der Waals surface area contributed by atoms with E-state index in [2.05, 4.69) is 15.0 Å². The number of nitrogens with one attached hydrogen (secondary N) is 1. The highest BCUT2D eigenvalue weighted by Crippen LogP contribution is 2.32. The summed E-state index contributed by atoms with van der Waals surface area (Å²) in [7, 11) is 1.45. The van der Waals surface area contributed by atoms with Gasteiger partial charge in [-0.1, -0.05) is 12.2 Å². The molecule has 1 saturated heterocycles. The van der Waals surface area contributed by atoms with E-state index in [4.69, 9.17) is 27.4 Å². The molecule has 0 radical (unpaired) electrons. The van der Waals surface area contributed by atoms with E-state index < -0.39 is 24.5 Å². The van der Waals surface area contributed by atoms with E-state index >= 15 is 0 Å². The third-order valence-electron chi connectivity index (χ3n) is 3.50. The number of H-pyrrole nitrogens is 1. The van der Waals surface area contributed by atoms with Gasteiger partial charge < -0.3 is 30.4 Å². The standard InChI is InChI=1S/C11H15N5O4S/c1-19-7-4(2-17)20-10(6(7)18)16-3-13-5-8(16)14-11(12)15-9(5)21/h3-4,6-7,10,17-18H,2H2,1H3,(H3,12,14,15,21)/t4-,6+,7-,10-/m0/s1. The maximum Gasteiger partial charge on any atom is 0.200 e. The van der Waals surface area contributed by atoms with Crippen LogP contribution in [0.15, 0.2) is 6.33 Å². The molecule has 4 atom stereocenters. The minimum atomic E-state index is -0.971. The molecule has 10 heteroatoms. The summed E-state index contributed by atoms with van der Waals surface area (Å²) in [6.07, 6.45) is -1.54. The minimum absolute atomic E-state index is 0.142. The molecular formula is C11H15N5O4S.